The van der Waals surface area contributed by atoms with Crippen molar-refractivity contribution >= 4 is 10.0 Å². The molecule has 1 aromatic carbocycles. The standard InChI is InChI=1S/C13H17NO2S/c1-4-5-6-9-14-17(15,16)13-10-11(2)7-8-12(13)3/h1,7-8,10,14H,5-6,9H2,2-3H3. The highest BCUT2D eigenvalue weighted by atomic mass is 32.2. The lowest BCUT2D eigenvalue weighted by molar-refractivity contribution is 0.579. The van der Waals surface area contributed by atoms with Gasteiger partial charge in [-0.3, -0.25) is 0 Å². The van der Waals surface area contributed by atoms with E-state index in [1.165, 1.54) is 0 Å². The number of hydrogen-bond donors (Lipinski definition) is 1. The van der Waals surface area contributed by atoms with Crippen LogP contribution in [-0.4, -0.2) is 15.0 Å². The largest absolute Gasteiger partial charge is 0.240 e. The van der Waals surface area contributed by atoms with Crippen LogP contribution in [0.3, 0.4) is 0 Å². The van der Waals surface area contributed by atoms with E-state index in [0.29, 0.717) is 24.3 Å². The van der Waals surface area contributed by atoms with Crippen LogP contribution in [0.25, 0.3) is 0 Å². The summed E-state index contributed by atoms with van der Waals surface area (Å²) >= 11 is 0. The Morgan fingerprint density at radius 3 is 2.71 bits per heavy atom. The first kappa shape index (κ1) is 13.8. The first-order valence-corrected chi connectivity index (χ1v) is 6.96. The predicted octanol–water partition coefficient (Wildman–Crippen LogP) is 2.00. The van der Waals surface area contributed by atoms with Crippen LogP contribution in [0, 0.1) is 26.2 Å². The third kappa shape index (κ3) is 3.88. The van der Waals surface area contributed by atoms with Crippen molar-refractivity contribution < 1.29 is 8.42 Å². The summed E-state index contributed by atoms with van der Waals surface area (Å²) < 4.78 is 26.6. The zero-order valence-corrected chi connectivity index (χ0v) is 11.0. The van der Waals surface area contributed by atoms with Crippen molar-refractivity contribution in [1.82, 2.24) is 4.72 Å². The molecule has 0 unspecified atom stereocenters. The first-order valence-electron chi connectivity index (χ1n) is 5.48. The number of rotatable bonds is 5. The third-order valence-electron chi connectivity index (χ3n) is 2.42. The van der Waals surface area contributed by atoms with Crippen molar-refractivity contribution in [1.29, 1.82) is 0 Å². The molecule has 0 bridgehead atoms. The summed E-state index contributed by atoms with van der Waals surface area (Å²) in [7, 11) is -3.41. The summed E-state index contributed by atoms with van der Waals surface area (Å²) in [5.41, 5.74) is 1.68. The Kier molecular flexibility index (Phi) is 4.73. The Labute approximate surface area is 103 Å². The van der Waals surface area contributed by atoms with E-state index in [4.69, 9.17) is 6.42 Å². The Balaban J connectivity index is 2.83. The molecule has 0 aliphatic heterocycles. The van der Waals surface area contributed by atoms with Crippen molar-refractivity contribution in [3.05, 3.63) is 29.3 Å². The van der Waals surface area contributed by atoms with Gasteiger partial charge in [-0.15, -0.1) is 12.3 Å². The summed E-state index contributed by atoms with van der Waals surface area (Å²) in [6, 6.07) is 5.39. The van der Waals surface area contributed by atoms with Gasteiger partial charge in [0.25, 0.3) is 0 Å². The van der Waals surface area contributed by atoms with Gasteiger partial charge in [0.1, 0.15) is 0 Å². The molecule has 0 heterocycles. The maximum Gasteiger partial charge on any atom is 0.240 e. The fourth-order valence-electron chi connectivity index (χ4n) is 1.47. The minimum atomic E-state index is -3.41. The molecule has 17 heavy (non-hydrogen) atoms. The van der Waals surface area contributed by atoms with Gasteiger partial charge >= 0.3 is 0 Å². The molecule has 3 nitrogen and oxygen atoms in total. The van der Waals surface area contributed by atoms with Crippen LogP contribution in [0.15, 0.2) is 23.1 Å². The van der Waals surface area contributed by atoms with Crippen LogP contribution in [-0.2, 0) is 10.0 Å². The lowest BCUT2D eigenvalue weighted by Gasteiger charge is -2.09. The lowest BCUT2D eigenvalue weighted by atomic mass is 10.2. The Hall–Kier alpha value is -1.31. The molecule has 0 atom stereocenters. The van der Waals surface area contributed by atoms with Crippen molar-refractivity contribution in [3.8, 4) is 12.3 Å². The first-order chi connectivity index (χ1) is 7.97. The third-order valence-corrected chi connectivity index (χ3v) is 4.03. The molecule has 4 heteroatoms. The highest BCUT2D eigenvalue weighted by Gasteiger charge is 2.15. The maximum absolute atomic E-state index is 12.0. The topological polar surface area (TPSA) is 46.2 Å². The molecule has 92 valence electrons. The van der Waals surface area contributed by atoms with E-state index in [1.54, 1.807) is 13.0 Å². The van der Waals surface area contributed by atoms with Gasteiger partial charge in [0.15, 0.2) is 0 Å². The second-order valence-electron chi connectivity index (χ2n) is 3.97. The molecule has 1 N–H and O–H groups in total. The van der Waals surface area contributed by atoms with Gasteiger partial charge in [-0.05, 0) is 37.5 Å². The summed E-state index contributed by atoms with van der Waals surface area (Å²) in [6.07, 6.45) is 6.34. The van der Waals surface area contributed by atoms with Gasteiger partial charge in [-0.25, -0.2) is 13.1 Å². The Bertz CT molecular complexity index is 527. The highest BCUT2D eigenvalue weighted by Crippen LogP contribution is 2.16. The monoisotopic (exact) mass is 251 g/mol. The number of unbranched alkanes of at least 4 members (excludes halogenated alkanes) is 1. The van der Waals surface area contributed by atoms with E-state index in [0.717, 1.165) is 11.1 Å². The zero-order chi connectivity index (χ0) is 12.9. The van der Waals surface area contributed by atoms with Gasteiger partial charge in [-0.1, -0.05) is 12.1 Å². The number of nitrogens with one attached hydrogen (secondary N) is 1. The smallest absolute Gasteiger partial charge is 0.211 e. The number of sulfonamides is 1. The molecule has 1 rings (SSSR count). The molecular weight excluding hydrogens is 234 g/mol. The molecule has 0 aliphatic rings. The van der Waals surface area contributed by atoms with E-state index >= 15 is 0 Å². The van der Waals surface area contributed by atoms with E-state index < -0.39 is 10.0 Å². The molecule has 0 saturated carbocycles. The highest BCUT2D eigenvalue weighted by molar-refractivity contribution is 7.89. The average Bonchev–Trinajstić information content (AvgIpc) is 2.28. The lowest BCUT2D eigenvalue weighted by Crippen LogP contribution is -2.25. The van der Waals surface area contributed by atoms with Crippen molar-refractivity contribution in [2.75, 3.05) is 6.54 Å². The molecular formula is C13H17NO2S. The summed E-state index contributed by atoms with van der Waals surface area (Å²) in [5.74, 6) is 2.48. The zero-order valence-electron chi connectivity index (χ0n) is 10.2. The van der Waals surface area contributed by atoms with Crippen LogP contribution >= 0.6 is 0 Å². The van der Waals surface area contributed by atoms with Crippen LogP contribution in [0.2, 0.25) is 0 Å². The molecule has 0 radical (unpaired) electrons. The molecule has 1 aromatic rings. The Morgan fingerprint density at radius 1 is 1.35 bits per heavy atom. The van der Waals surface area contributed by atoms with Gasteiger partial charge in [0, 0.05) is 13.0 Å². The van der Waals surface area contributed by atoms with Gasteiger partial charge in [0.2, 0.25) is 10.0 Å². The SMILES string of the molecule is C#CCCCNS(=O)(=O)c1cc(C)ccc1C. The summed E-state index contributed by atoms with van der Waals surface area (Å²) in [4.78, 5) is 0.346. The second kappa shape index (κ2) is 5.85. The van der Waals surface area contributed by atoms with Crippen LogP contribution in [0.1, 0.15) is 24.0 Å². The van der Waals surface area contributed by atoms with E-state index in [-0.39, 0.29) is 0 Å². The molecule has 0 aromatic heterocycles. The van der Waals surface area contributed by atoms with Gasteiger partial charge < -0.3 is 0 Å². The minimum Gasteiger partial charge on any atom is -0.211 e. The van der Waals surface area contributed by atoms with Crippen molar-refractivity contribution in [2.45, 2.75) is 31.6 Å². The minimum absolute atomic E-state index is 0.346. The van der Waals surface area contributed by atoms with Crippen molar-refractivity contribution in [3.63, 3.8) is 0 Å². The van der Waals surface area contributed by atoms with Crippen LogP contribution in [0.5, 0.6) is 0 Å². The molecule has 0 saturated heterocycles. The number of aryl methyl sites for hydroxylation is 2. The summed E-state index contributed by atoms with van der Waals surface area (Å²) in [5, 5.41) is 0. The number of hydrogen-bond acceptors (Lipinski definition) is 2. The normalized spacial score (nSPS) is 11.1. The Morgan fingerprint density at radius 2 is 2.06 bits per heavy atom. The molecule has 0 spiro atoms. The van der Waals surface area contributed by atoms with Gasteiger partial charge in [-0.2, -0.15) is 0 Å². The van der Waals surface area contributed by atoms with Crippen molar-refractivity contribution in [2.24, 2.45) is 0 Å². The molecule has 0 amide bonds. The fraction of sp³-hybridized carbons (Fsp3) is 0.385. The van der Waals surface area contributed by atoms with Crippen LogP contribution in [0.4, 0.5) is 0 Å². The van der Waals surface area contributed by atoms with E-state index in [2.05, 4.69) is 10.6 Å². The summed E-state index contributed by atoms with van der Waals surface area (Å²) in [6.45, 7) is 4.03. The number of terminal acetylenes is 1. The predicted molar refractivity (Wildman–Crippen MR) is 69.2 cm³/mol. The fourth-order valence-corrected chi connectivity index (χ4v) is 2.87. The van der Waals surface area contributed by atoms with Gasteiger partial charge in [0.05, 0.1) is 4.90 Å². The molecule has 0 aliphatic carbocycles. The second-order valence-corrected chi connectivity index (χ2v) is 5.71. The van der Waals surface area contributed by atoms with Crippen LogP contribution < -0.4 is 4.72 Å². The molecule has 0 fully saturated rings. The van der Waals surface area contributed by atoms with E-state index in [9.17, 15) is 8.42 Å². The quantitative estimate of drug-likeness (QED) is 0.642. The van der Waals surface area contributed by atoms with E-state index in [1.807, 2.05) is 19.1 Å². The number of benzene rings is 1. The maximum atomic E-state index is 12.0. The average molecular weight is 251 g/mol.